The lowest BCUT2D eigenvalue weighted by Gasteiger charge is -2.34. The molecule has 0 unspecified atom stereocenters. The lowest BCUT2D eigenvalue weighted by molar-refractivity contribution is -0.375. The molecule has 0 saturated carbocycles. The fourth-order valence-corrected chi connectivity index (χ4v) is 3.03. The third kappa shape index (κ3) is 2.34. The summed E-state index contributed by atoms with van der Waals surface area (Å²) in [6, 6.07) is 8.35. The molecule has 0 aliphatic carbocycles. The number of nitrogen functional groups attached to an aromatic ring is 2. The van der Waals surface area contributed by atoms with Gasteiger partial charge in [-0.25, -0.2) is 0 Å². The summed E-state index contributed by atoms with van der Waals surface area (Å²) in [5.74, 6) is 0. The second-order valence-corrected chi connectivity index (χ2v) is 5.84. The van der Waals surface area contributed by atoms with Crippen LogP contribution in [0.15, 0.2) is 42.5 Å². The van der Waals surface area contributed by atoms with Crippen molar-refractivity contribution in [1.29, 1.82) is 0 Å². The Morgan fingerprint density at radius 1 is 0.654 bits per heavy atom. The molecule has 0 saturated heterocycles. The highest BCUT2D eigenvalue weighted by atomic mass is 19.4. The normalized spacial score (nSPS) is 13.5. The van der Waals surface area contributed by atoms with Crippen LogP contribution in [-0.4, -0.2) is 17.5 Å². The first-order chi connectivity index (χ1) is 11.9. The van der Waals surface area contributed by atoms with Gasteiger partial charge >= 0.3 is 12.4 Å². The highest BCUT2D eigenvalue weighted by Gasteiger charge is 2.71. The molecule has 5 N–H and O–H groups in total. The molecule has 0 amide bonds. The van der Waals surface area contributed by atoms with Gasteiger partial charge in [-0.3, -0.25) is 0 Å². The summed E-state index contributed by atoms with van der Waals surface area (Å²) >= 11 is 0. The number of alkyl halides is 6. The first-order valence-corrected chi connectivity index (χ1v) is 7.25. The van der Waals surface area contributed by atoms with E-state index < -0.39 is 28.9 Å². The lowest BCUT2D eigenvalue weighted by atomic mass is 9.85. The molecule has 9 heteroatoms. The third-order valence-electron chi connectivity index (χ3n) is 4.32. The van der Waals surface area contributed by atoms with Crippen molar-refractivity contribution in [3.63, 3.8) is 0 Å². The van der Waals surface area contributed by atoms with Crippen molar-refractivity contribution in [2.75, 3.05) is 11.5 Å². The van der Waals surface area contributed by atoms with Gasteiger partial charge in [0, 0.05) is 27.7 Å². The minimum atomic E-state index is -6.00. The molecule has 3 rings (SSSR count). The molecule has 0 radical (unpaired) electrons. The Balaban J connectivity index is 2.59. The number of hydrogen-bond acceptors (Lipinski definition) is 3. The summed E-state index contributed by atoms with van der Waals surface area (Å²) in [7, 11) is 0. The molecule has 3 aromatic rings. The molecule has 0 spiro atoms. The number of nitrogens with two attached hydrogens (primary N) is 2. The number of anilines is 2. The first-order valence-electron chi connectivity index (χ1n) is 7.25. The molecule has 0 heterocycles. The molecule has 0 aliphatic heterocycles. The largest absolute Gasteiger partial charge is 0.430 e. The Kier molecular flexibility index (Phi) is 3.77. The van der Waals surface area contributed by atoms with Gasteiger partial charge < -0.3 is 16.6 Å². The van der Waals surface area contributed by atoms with E-state index in [0.29, 0.717) is 6.07 Å². The van der Waals surface area contributed by atoms with E-state index in [1.54, 1.807) is 0 Å². The van der Waals surface area contributed by atoms with E-state index in [0.717, 1.165) is 6.07 Å². The van der Waals surface area contributed by atoms with Crippen molar-refractivity contribution in [2.24, 2.45) is 0 Å². The number of fused-ring (bicyclic) bond motifs is 3. The lowest BCUT2D eigenvalue weighted by Crippen LogP contribution is -2.54. The average Bonchev–Trinajstić information content (AvgIpc) is 2.52. The van der Waals surface area contributed by atoms with E-state index in [4.69, 9.17) is 11.5 Å². The van der Waals surface area contributed by atoms with E-state index in [2.05, 4.69) is 0 Å². The Morgan fingerprint density at radius 3 is 1.77 bits per heavy atom. The predicted molar refractivity (Wildman–Crippen MR) is 86.3 cm³/mol. The zero-order valence-corrected chi connectivity index (χ0v) is 12.9. The van der Waals surface area contributed by atoms with Crippen LogP contribution in [0.1, 0.15) is 5.56 Å². The molecule has 0 atom stereocenters. The van der Waals surface area contributed by atoms with Gasteiger partial charge in [0.05, 0.1) is 0 Å². The van der Waals surface area contributed by atoms with E-state index >= 15 is 0 Å². The highest BCUT2D eigenvalue weighted by Crippen LogP contribution is 2.53. The summed E-state index contributed by atoms with van der Waals surface area (Å²) < 4.78 is 80.2. The van der Waals surface area contributed by atoms with Crippen LogP contribution in [0.25, 0.3) is 21.5 Å². The zero-order chi connectivity index (χ0) is 19.5. The van der Waals surface area contributed by atoms with E-state index in [1.165, 1.54) is 30.3 Å². The fourth-order valence-electron chi connectivity index (χ4n) is 3.03. The van der Waals surface area contributed by atoms with Crippen molar-refractivity contribution < 1.29 is 31.4 Å². The van der Waals surface area contributed by atoms with Gasteiger partial charge in [-0.15, -0.1) is 0 Å². The number of hydrogen-bond donors (Lipinski definition) is 3. The van der Waals surface area contributed by atoms with E-state index in [9.17, 15) is 31.4 Å². The number of rotatable bonds is 1. The summed E-state index contributed by atoms with van der Waals surface area (Å²) in [5, 5.41) is 9.62. The monoisotopic (exact) mass is 374 g/mol. The van der Waals surface area contributed by atoms with Crippen LogP contribution in [0, 0.1) is 0 Å². The molecule has 138 valence electrons. The van der Waals surface area contributed by atoms with Gasteiger partial charge in [0.15, 0.2) is 0 Å². The minimum absolute atomic E-state index is 0.0247. The second kappa shape index (κ2) is 5.41. The van der Waals surface area contributed by atoms with Crippen LogP contribution in [-0.2, 0) is 5.60 Å². The van der Waals surface area contributed by atoms with Crippen molar-refractivity contribution >= 4 is 32.9 Å². The highest BCUT2D eigenvalue weighted by molar-refractivity contribution is 6.15. The van der Waals surface area contributed by atoms with E-state index in [-0.39, 0.29) is 27.5 Å². The quantitative estimate of drug-likeness (QED) is 0.334. The Labute approximate surface area is 142 Å². The van der Waals surface area contributed by atoms with Crippen LogP contribution in [0.2, 0.25) is 0 Å². The topological polar surface area (TPSA) is 72.3 Å². The SMILES string of the molecule is Nc1cccc2c1ccc1c(N)ccc(C(O)(C(F)(F)F)C(F)(F)F)c12. The molecular formula is C17H12F6N2O. The maximum atomic E-state index is 13.4. The summed E-state index contributed by atoms with van der Waals surface area (Å²) in [5.41, 5.74) is 5.24. The third-order valence-corrected chi connectivity index (χ3v) is 4.32. The Hall–Kier alpha value is -2.68. The van der Waals surface area contributed by atoms with Crippen molar-refractivity contribution in [1.82, 2.24) is 0 Å². The standard InChI is InChI=1S/C17H12F6N2O/c18-16(19,20)15(26,17(21,22)23)11-6-7-13(25)10-5-4-8-9(14(10)11)2-1-3-12(8)24/h1-7,26H,24-25H2. The van der Waals surface area contributed by atoms with Gasteiger partial charge in [0.1, 0.15) is 0 Å². The van der Waals surface area contributed by atoms with Crippen LogP contribution in [0.5, 0.6) is 0 Å². The van der Waals surface area contributed by atoms with Gasteiger partial charge in [-0.05, 0) is 22.9 Å². The van der Waals surface area contributed by atoms with Crippen LogP contribution < -0.4 is 11.5 Å². The molecule has 0 fully saturated rings. The fraction of sp³-hybridized carbons (Fsp3) is 0.176. The molecule has 0 bridgehead atoms. The van der Waals surface area contributed by atoms with Crippen molar-refractivity contribution in [2.45, 2.75) is 18.0 Å². The minimum Gasteiger partial charge on any atom is -0.398 e. The Bertz CT molecular complexity index is 996. The smallest absolute Gasteiger partial charge is 0.398 e. The molecule has 0 aromatic heterocycles. The maximum absolute atomic E-state index is 13.4. The summed E-state index contributed by atoms with van der Waals surface area (Å²) in [6.07, 6.45) is -12.0. The molecule has 3 nitrogen and oxygen atoms in total. The average molecular weight is 374 g/mol. The molecule has 0 aliphatic rings. The van der Waals surface area contributed by atoms with Crippen molar-refractivity contribution in [3.8, 4) is 0 Å². The second-order valence-electron chi connectivity index (χ2n) is 5.84. The van der Waals surface area contributed by atoms with Crippen LogP contribution in [0.3, 0.4) is 0 Å². The van der Waals surface area contributed by atoms with Gasteiger partial charge in [-0.2, -0.15) is 26.3 Å². The van der Waals surface area contributed by atoms with Crippen LogP contribution in [0.4, 0.5) is 37.7 Å². The molecule has 26 heavy (non-hydrogen) atoms. The maximum Gasteiger partial charge on any atom is 0.430 e. The van der Waals surface area contributed by atoms with Crippen molar-refractivity contribution in [3.05, 3.63) is 48.0 Å². The van der Waals surface area contributed by atoms with Gasteiger partial charge in [0.25, 0.3) is 5.60 Å². The summed E-state index contributed by atoms with van der Waals surface area (Å²) in [4.78, 5) is 0. The Morgan fingerprint density at radius 2 is 1.19 bits per heavy atom. The number of aliphatic hydroxyl groups is 1. The summed E-state index contributed by atoms with van der Waals surface area (Å²) in [6.45, 7) is 0. The van der Waals surface area contributed by atoms with Gasteiger partial charge in [-0.1, -0.05) is 30.3 Å². The predicted octanol–water partition coefficient (Wildman–Crippen LogP) is 4.47. The number of benzene rings is 3. The molecule has 3 aromatic carbocycles. The first kappa shape index (κ1) is 18.1. The van der Waals surface area contributed by atoms with Crippen LogP contribution >= 0.6 is 0 Å². The number of halogens is 6. The molecular weight excluding hydrogens is 362 g/mol. The zero-order valence-electron chi connectivity index (χ0n) is 12.9. The van der Waals surface area contributed by atoms with E-state index in [1.807, 2.05) is 0 Å². The van der Waals surface area contributed by atoms with Gasteiger partial charge in [0.2, 0.25) is 0 Å².